The lowest BCUT2D eigenvalue weighted by Crippen LogP contribution is -2.45. The summed E-state index contributed by atoms with van der Waals surface area (Å²) in [6.45, 7) is 13.4. The third kappa shape index (κ3) is 3.59. The summed E-state index contributed by atoms with van der Waals surface area (Å²) in [6, 6.07) is -0.0807. The molecule has 0 bridgehead atoms. The summed E-state index contributed by atoms with van der Waals surface area (Å²) < 4.78 is 11.3. The van der Waals surface area contributed by atoms with Crippen molar-refractivity contribution in [1.29, 1.82) is 0 Å². The van der Waals surface area contributed by atoms with Crippen LogP contribution in [0.25, 0.3) is 0 Å². The Morgan fingerprint density at radius 1 is 1.44 bits per heavy atom. The third-order valence-electron chi connectivity index (χ3n) is 3.75. The highest BCUT2D eigenvalue weighted by atomic mass is 28.4. The average molecular weight is 271 g/mol. The molecule has 2 atom stereocenters. The SMILES string of the molecule is C/C=C\[C@@H]1OC(=O)N[C@H]1CO[Si](C)(C)C(C)(C)C. The van der Waals surface area contributed by atoms with Crippen LogP contribution in [0, 0.1) is 0 Å². The number of carbonyl (C=O) groups is 1. The number of hydrogen-bond acceptors (Lipinski definition) is 3. The van der Waals surface area contributed by atoms with Crippen LogP contribution in [0.2, 0.25) is 18.1 Å². The van der Waals surface area contributed by atoms with E-state index in [0.29, 0.717) is 6.61 Å². The second-order valence-corrected chi connectivity index (χ2v) is 11.0. The van der Waals surface area contributed by atoms with Crippen LogP contribution in [0.5, 0.6) is 0 Å². The van der Waals surface area contributed by atoms with E-state index in [9.17, 15) is 4.79 Å². The molecule has 104 valence electrons. The second kappa shape index (κ2) is 5.44. The minimum atomic E-state index is -1.78. The van der Waals surface area contributed by atoms with Gasteiger partial charge in [-0.15, -0.1) is 0 Å². The molecule has 0 radical (unpaired) electrons. The number of alkyl carbamates (subject to hydrolysis) is 1. The highest BCUT2D eigenvalue weighted by Gasteiger charge is 2.40. The number of allylic oxidation sites excluding steroid dienone is 1. The van der Waals surface area contributed by atoms with Gasteiger partial charge in [-0.3, -0.25) is 0 Å². The van der Waals surface area contributed by atoms with Gasteiger partial charge in [0, 0.05) is 0 Å². The maximum absolute atomic E-state index is 11.2. The van der Waals surface area contributed by atoms with E-state index in [1.54, 1.807) is 0 Å². The Morgan fingerprint density at radius 2 is 2.06 bits per heavy atom. The average Bonchev–Trinajstić information content (AvgIpc) is 2.55. The first kappa shape index (κ1) is 15.2. The van der Waals surface area contributed by atoms with Crippen molar-refractivity contribution < 1.29 is 14.0 Å². The van der Waals surface area contributed by atoms with Crippen molar-refractivity contribution in [3.8, 4) is 0 Å². The van der Waals surface area contributed by atoms with Gasteiger partial charge >= 0.3 is 6.09 Å². The lowest BCUT2D eigenvalue weighted by atomic mass is 10.2. The quantitative estimate of drug-likeness (QED) is 0.631. The van der Waals surface area contributed by atoms with Gasteiger partial charge in [0.1, 0.15) is 6.10 Å². The van der Waals surface area contributed by atoms with Gasteiger partial charge in [0.2, 0.25) is 0 Å². The zero-order valence-electron chi connectivity index (χ0n) is 12.2. The number of amides is 1. The van der Waals surface area contributed by atoms with Crippen molar-refractivity contribution in [3.63, 3.8) is 0 Å². The van der Waals surface area contributed by atoms with E-state index in [4.69, 9.17) is 9.16 Å². The fraction of sp³-hybridized carbons (Fsp3) is 0.769. The lowest BCUT2D eigenvalue weighted by Gasteiger charge is -2.37. The molecule has 1 rings (SSSR count). The number of nitrogens with one attached hydrogen (secondary N) is 1. The van der Waals surface area contributed by atoms with Crippen LogP contribution in [-0.4, -0.2) is 33.2 Å². The molecule has 0 saturated carbocycles. The molecule has 1 aliphatic heterocycles. The minimum Gasteiger partial charge on any atom is -0.440 e. The summed E-state index contributed by atoms with van der Waals surface area (Å²) in [5.41, 5.74) is 0. The molecule has 18 heavy (non-hydrogen) atoms. The standard InChI is InChI=1S/C13H25NO3Si/c1-7-8-11-10(14-12(15)17-11)9-16-18(5,6)13(2,3)4/h7-8,10-11H,9H2,1-6H3,(H,14,15)/b8-7-/t10-,11-/m0/s1. The normalized spacial score (nSPS) is 25.3. The van der Waals surface area contributed by atoms with Crippen LogP contribution in [0.4, 0.5) is 4.79 Å². The third-order valence-corrected chi connectivity index (χ3v) is 8.26. The van der Waals surface area contributed by atoms with Crippen molar-refractivity contribution in [2.24, 2.45) is 0 Å². The van der Waals surface area contributed by atoms with Crippen LogP contribution in [0.3, 0.4) is 0 Å². The lowest BCUT2D eigenvalue weighted by molar-refractivity contribution is 0.144. The van der Waals surface area contributed by atoms with Gasteiger partial charge in [-0.05, 0) is 31.1 Å². The Balaban J connectivity index is 2.60. The van der Waals surface area contributed by atoms with Crippen LogP contribution >= 0.6 is 0 Å². The van der Waals surface area contributed by atoms with Crippen molar-refractivity contribution in [3.05, 3.63) is 12.2 Å². The van der Waals surface area contributed by atoms with Crippen molar-refractivity contribution in [2.45, 2.75) is 58.0 Å². The van der Waals surface area contributed by atoms with E-state index < -0.39 is 8.32 Å². The van der Waals surface area contributed by atoms with Gasteiger partial charge in [-0.1, -0.05) is 26.8 Å². The molecule has 5 heteroatoms. The predicted molar refractivity (Wildman–Crippen MR) is 75.2 cm³/mol. The zero-order valence-corrected chi connectivity index (χ0v) is 13.2. The number of cyclic esters (lactones) is 1. The van der Waals surface area contributed by atoms with E-state index in [0.717, 1.165) is 0 Å². The molecule has 0 aromatic carbocycles. The maximum atomic E-state index is 11.2. The molecule has 0 aromatic rings. The topological polar surface area (TPSA) is 47.6 Å². The Hall–Kier alpha value is -0.813. The Bertz CT molecular complexity index is 334. The minimum absolute atomic E-state index is 0.0807. The summed E-state index contributed by atoms with van der Waals surface area (Å²) >= 11 is 0. The van der Waals surface area contributed by atoms with Gasteiger partial charge in [0.15, 0.2) is 8.32 Å². The predicted octanol–water partition coefficient (Wildman–Crippen LogP) is 3.06. The molecule has 1 saturated heterocycles. The molecular weight excluding hydrogens is 246 g/mol. The largest absolute Gasteiger partial charge is 0.440 e. The van der Waals surface area contributed by atoms with E-state index in [1.165, 1.54) is 0 Å². The van der Waals surface area contributed by atoms with Gasteiger partial charge in [0.25, 0.3) is 0 Å². The van der Waals surface area contributed by atoms with E-state index in [2.05, 4.69) is 39.2 Å². The highest BCUT2D eigenvalue weighted by molar-refractivity contribution is 6.74. The van der Waals surface area contributed by atoms with Crippen LogP contribution < -0.4 is 5.32 Å². The first-order valence-corrected chi connectivity index (χ1v) is 9.32. The zero-order chi connectivity index (χ0) is 14.0. The number of rotatable bonds is 4. The summed E-state index contributed by atoms with van der Waals surface area (Å²) in [5.74, 6) is 0. The van der Waals surface area contributed by atoms with Gasteiger partial charge < -0.3 is 14.5 Å². The Morgan fingerprint density at radius 3 is 2.56 bits per heavy atom. The van der Waals surface area contributed by atoms with Crippen molar-refractivity contribution in [1.82, 2.24) is 5.32 Å². The smallest absolute Gasteiger partial charge is 0.408 e. The van der Waals surface area contributed by atoms with Gasteiger partial charge in [-0.2, -0.15) is 0 Å². The molecule has 1 heterocycles. The van der Waals surface area contributed by atoms with Crippen LogP contribution in [-0.2, 0) is 9.16 Å². The fourth-order valence-electron chi connectivity index (χ4n) is 1.49. The van der Waals surface area contributed by atoms with Gasteiger partial charge in [-0.25, -0.2) is 4.79 Å². The van der Waals surface area contributed by atoms with Crippen molar-refractivity contribution >= 4 is 14.4 Å². The van der Waals surface area contributed by atoms with Gasteiger partial charge in [0.05, 0.1) is 12.6 Å². The maximum Gasteiger partial charge on any atom is 0.408 e. The molecule has 1 fully saturated rings. The molecule has 1 N–H and O–H groups in total. The first-order valence-electron chi connectivity index (χ1n) is 6.41. The summed E-state index contributed by atoms with van der Waals surface area (Å²) in [7, 11) is -1.78. The fourth-order valence-corrected chi connectivity index (χ4v) is 2.52. The van der Waals surface area contributed by atoms with E-state index >= 15 is 0 Å². The van der Waals surface area contributed by atoms with E-state index in [1.807, 2.05) is 19.1 Å². The Kier molecular flexibility index (Phi) is 4.61. The molecule has 0 aliphatic carbocycles. The molecular formula is C13H25NO3Si. The molecule has 1 aliphatic rings. The van der Waals surface area contributed by atoms with Crippen molar-refractivity contribution in [2.75, 3.05) is 6.61 Å². The van der Waals surface area contributed by atoms with Crippen LogP contribution in [0.1, 0.15) is 27.7 Å². The monoisotopic (exact) mass is 271 g/mol. The van der Waals surface area contributed by atoms with E-state index in [-0.39, 0.29) is 23.3 Å². The molecule has 4 nitrogen and oxygen atoms in total. The number of hydrogen-bond donors (Lipinski definition) is 1. The summed E-state index contributed by atoms with van der Waals surface area (Å²) in [6.07, 6.45) is 3.20. The molecule has 1 amide bonds. The Labute approximate surface area is 111 Å². The second-order valence-electron chi connectivity index (χ2n) is 6.22. The summed E-state index contributed by atoms with van der Waals surface area (Å²) in [5, 5.41) is 2.97. The molecule has 0 unspecified atom stereocenters. The highest BCUT2D eigenvalue weighted by Crippen LogP contribution is 2.36. The summed E-state index contributed by atoms with van der Waals surface area (Å²) in [4.78, 5) is 11.2. The number of carbonyl (C=O) groups excluding carboxylic acids is 1. The van der Waals surface area contributed by atoms with Crippen LogP contribution in [0.15, 0.2) is 12.2 Å². The first-order chi connectivity index (χ1) is 8.17. The molecule has 0 aromatic heterocycles. The molecule has 0 spiro atoms. The number of ether oxygens (including phenoxy) is 1.